The fourth-order valence-electron chi connectivity index (χ4n) is 4.90. The number of hydrogen-bond acceptors (Lipinski definition) is 6. The first kappa shape index (κ1) is 21.5. The fourth-order valence-corrected chi connectivity index (χ4v) is 4.90. The fraction of sp³-hybridized carbons (Fsp3) is 0.522. The molecule has 0 bridgehead atoms. The van der Waals surface area contributed by atoms with Gasteiger partial charge in [-0.25, -0.2) is 14.8 Å². The lowest BCUT2D eigenvalue weighted by Crippen LogP contribution is -2.54. The summed E-state index contributed by atoms with van der Waals surface area (Å²) < 4.78 is 5.02. The average molecular weight is 425 g/mol. The normalized spacial score (nSPS) is 25.8. The van der Waals surface area contributed by atoms with Crippen LogP contribution in [0.4, 0.5) is 16.4 Å². The molecule has 8 heteroatoms. The minimum atomic E-state index is -0.208. The van der Waals surface area contributed by atoms with Crippen LogP contribution in [0.3, 0.4) is 0 Å². The molecule has 1 aromatic heterocycles. The Bertz CT molecular complexity index is 879. The van der Waals surface area contributed by atoms with E-state index in [-0.39, 0.29) is 17.1 Å². The molecule has 0 atom stereocenters. The Morgan fingerprint density at radius 2 is 1.81 bits per heavy atom. The van der Waals surface area contributed by atoms with Gasteiger partial charge in [-0.15, -0.1) is 0 Å². The maximum Gasteiger partial charge on any atom is 0.322 e. The van der Waals surface area contributed by atoms with E-state index in [1.807, 2.05) is 0 Å². The first-order valence-electron chi connectivity index (χ1n) is 10.9. The Labute approximate surface area is 184 Å². The summed E-state index contributed by atoms with van der Waals surface area (Å²) >= 11 is 0. The van der Waals surface area contributed by atoms with E-state index in [2.05, 4.69) is 69.9 Å². The van der Waals surface area contributed by atoms with Crippen molar-refractivity contribution in [3.05, 3.63) is 48.3 Å². The average Bonchev–Trinajstić information content (AvgIpc) is 3.11. The van der Waals surface area contributed by atoms with E-state index in [0.717, 1.165) is 31.4 Å². The monoisotopic (exact) mass is 424 g/mol. The maximum atomic E-state index is 12.8. The number of hydrogen-bond donors (Lipinski definition) is 2. The second-order valence-electron chi connectivity index (χ2n) is 8.77. The molecule has 4 rings (SSSR count). The van der Waals surface area contributed by atoms with E-state index < -0.39 is 0 Å². The van der Waals surface area contributed by atoms with E-state index in [9.17, 15) is 4.79 Å². The molecule has 1 spiro atoms. The van der Waals surface area contributed by atoms with Gasteiger partial charge in [0.25, 0.3) is 0 Å². The van der Waals surface area contributed by atoms with Crippen LogP contribution in [-0.2, 0) is 10.3 Å². The number of ether oxygens (including phenoxy) is 1. The van der Waals surface area contributed by atoms with Gasteiger partial charge < -0.3 is 15.4 Å². The van der Waals surface area contributed by atoms with Crippen molar-refractivity contribution in [1.29, 1.82) is 0 Å². The van der Waals surface area contributed by atoms with Gasteiger partial charge in [0.15, 0.2) is 0 Å². The van der Waals surface area contributed by atoms with Gasteiger partial charge in [0.2, 0.25) is 5.95 Å². The highest BCUT2D eigenvalue weighted by Gasteiger charge is 2.50. The van der Waals surface area contributed by atoms with Crippen molar-refractivity contribution in [1.82, 2.24) is 20.2 Å². The number of rotatable bonds is 7. The largest absolute Gasteiger partial charge is 0.383 e. The molecule has 1 aliphatic carbocycles. The van der Waals surface area contributed by atoms with Gasteiger partial charge >= 0.3 is 6.03 Å². The van der Waals surface area contributed by atoms with E-state index in [0.29, 0.717) is 25.6 Å². The van der Waals surface area contributed by atoms with Crippen LogP contribution >= 0.6 is 0 Å². The third-order valence-corrected chi connectivity index (χ3v) is 6.82. The number of aromatic nitrogens is 2. The molecular formula is C23H32N6O2. The van der Waals surface area contributed by atoms with Gasteiger partial charge in [-0.05, 0) is 45.3 Å². The number of amides is 2. The molecule has 2 fully saturated rings. The van der Waals surface area contributed by atoms with Crippen LogP contribution in [0.25, 0.3) is 0 Å². The Morgan fingerprint density at radius 3 is 2.42 bits per heavy atom. The molecule has 8 nitrogen and oxygen atoms in total. The van der Waals surface area contributed by atoms with Crippen LogP contribution in [-0.4, -0.2) is 67.3 Å². The highest BCUT2D eigenvalue weighted by Crippen LogP contribution is 2.46. The molecule has 2 aliphatic rings. The Balaban J connectivity index is 1.45. The third kappa shape index (κ3) is 4.22. The Kier molecular flexibility index (Phi) is 6.11. The van der Waals surface area contributed by atoms with Crippen LogP contribution < -0.4 is 15.5 Å². The molecule has 2 amide bonds. The van der Waals surface area contributed by atoms with E-state index >= 15 is 0 Å². The lowest BCUT2D eigenvalue weighted by atomic mass is 9.69. The van der Waals surface area contributed by atoms with Crippen molar-refractivity contribution in [2.45, 2.75) is 36.8 Å². The number of nitrogens with one attached hydrogen (secondary N) is 2. The first-order valence-corrected chi connectivity index (χ1v) is 10.9. The summed E-state index contributed by atoms with van der Waals surface area (Å²) in [5.74, 6) is 0.534. The highest BCUT2D eigenvalue weighted by molar-refractivity contribution is 5.95. The third-order valence-electron chi connectivity index (χ3n) is 6.82. The molecule has 31 heavy (non-hydrogen) atoms. The Morgan fingerprint density at radius 1 is 1.13 bits per heavy atom. The van der Waals surface area contributed by atoms with Gasteiger partial charge in [-0.2, -0.15) is 0 Å². The molecular weight excluding hydrogens is 392 g/mol. The lowest BCUT2D eigenvalue weighted by Gasteiger charge is -2.48. The molecule has 0 radical (unpaired) electrons. The lowest BCUT2D eigenvalue weighted by molar-refractivity contribution is 0.0658. The van der Waals surface area contributed by atoms with Crippen LogP contribution in [0.15, 0.2) is 42.7 Å². The van der Waals surface area contributed by atoms with Gasteiger partial charge in [-0.3, -0.25) is 9.80 Å². The van der Waals surface area contributed by atoms with Crippen molar-refractivity contribution in [2.75, 3.05) is 51.1 Å². The number of carbonyl (C=O) groups is 1. The van der Waals surface area contributed by atoms with E-state index in [4.69, 9.17) is 4.74 Å². The number of methoxy groups -OCH3 is 1. The van der Waals surface area contributed by atoms with Gasteiger partial charge in [0, 0.05) is 19.2 Å². The number of anilines is 2. The predicted molar refractivity (Wildman–Crippen MR) is 121 cm³/mol. The van der Waals surface area contributed by atoms with Crippen molar-refractivity contribution in [3.63, 3.8) is 0 Å². The number of benzene rings is 1. The van der Waals surface area contributed by atoms with E-state index in [1.165, 1.54) is 5.56 Å². The molecule has 1 saturated carbocycles. The summed E-state index contributed by atoms with van der Waals surface area (Å²) in [6.07, 6.45) is 7.27. The predicted octanol–water partition coefficient (Wildman–Crippen LogP) is 2.83. The number of nitrogens with zero attached hydrogens (tertiary/aromatic N) is 4. The van der Waals surface area contributed by atoms with Crippen molar-refractivity contribution in [3.8, 4) is 0 Å². The Hall–Kier alpha value is -2.71. The minimum absolute atomic E-state index is 0.00326. The molecule has 0 unspecified atom stereocenters. The summed E-state index contributed by atoms with van der Waals surface area (Å²) in [6, 6.07) is 10.7. The minimum Gasteiger partial charge on any atom is -0.383 e. The van der Waals surface area contributed by atoms with E-state index in [1.54, 1.807) is 24.4 Å². The molecule has 2 heterocycles. The number of urea groups is 1. The molecule has 1 aliphatic heterocycles. The first-order chi connectivity index (χ1) is 15.0. The van der Waals surface area contributed by atoms with Crippen LogP contribution in [0, 0.1) is 0 Å². The highest BCUT2D eigenvalue weighted by atomic mass is 16.5. The van der Waals surface area contributed by atoms with Crippen molar-refractivity contribution in [2.24, 2.45) is 0 Å². The van der Waals surface area contributed by atoms with Crippen molar-refractivity contribution < 1.29 is 9.53 Å². The SMILES string of the molecule is COCCNc1ncc(N2C[C@]3(CC[C@](c4ccccc4)(N(C)C)CC3)NC2=O)cn1. The summed E-state index contributed by atoms with van der Waals surface area (Å²) in [5.41, 5.74) is 1.87. The zero-order valence-corrected chi connectivity index (χ0v) is 18.6. The topological polar surface area (TPSA) is 82.6 Å². The summed E-state index contributed by atoms with van der Waals surface area (Å²) in [4.78, 5) is 25.6. The second-order valence-corrected chi connectivity index (χ2v) is 8.77. The standard InChI is InChI=1S/C23H32N6O2/c1-28(2)23(18-7-5-4-6-8-18)11-9-22(10-12-23)17-29(21(30)27-22)19-15-25-20(26-16-19)24-13-14-31-3/h4-8,15-16H,9-14,17H2,1-3H3,(H,27,30)(H,24,25,26)/t22-,23+. The molecule has 166 valence electrons. The van der Waals surface area contributed by atoms with Gasteiger partial charge in [0.1, 0.15) is 0 Å². The molecule has 2 aromatic rings. The van der Waals surface area contributed by atoms with Crippen LogP contribution in [0.2, 0.25) is 0 Å². The maximum absolute atomic E-state index is 12.8. The van der Waals surface area contributed by atoms with Crippen LogP contribution in [0.1, 0.15) is 31.2 Å². The van der Waals surface area contributed by atoms with Crippen molar-refractivity contribution >= 4 is 17.7 Å². The summed E-state index contributed by atoms with van der Waals surface area (Å²) in [6.45, 7) is 1.86. The molecule has 1 saturated heterocycles. The summed E-state index contributed by atoms with van der Waals surface area (Å²) in [5, 5.41) is 6.38. The second kappa shape index (κ2) is 8.80. The summed E-state index contributed by atoms with van der Waals surface area (Å²) in [7, 11) is 5.97. The quantitative estimate of drug-likeness (QED) is 0.665. The van der Waals surface area contributed by atoms with Gasteiger partial charge in [-0.1, -0.05) is 30.3 Å². The zero-order chi connectivity index (χ0) is 21.9. The molecule has 2 N–H and O–H groups in total. The molecule has 1 aromatic carbocycles. The number of carbonyl (C=O) groups excluding carboxylic acids is 1. The van der Waals surface area contributed by atoms with Gasteiger partial charge in [0.05, 0.1) is 36.8 Å². The zero-order valence-electron chi connectivity index (χ0n) is 18.6. The van der Waals surface area contributed by atoms with Crippen LogP contribution in [0.5, 0.6) is 0 Å². The smallest absolute Gasteiger partial charge is 0.322 e.